The lowest BCUT2D eigenvalue weighted by atomic mass is 9.79. The molecule has 0 unspecified atom stereocenters. The first-order chi connectivity index (χ1) is 5.41. The molecule has 0 fully saturated rings. The van der Waals surface area contributed by atoms with Crippen LogP contribution < -0.4 is 5.46 Å². The molecule has 0 spiro atoms. The molecule has 0 aliphatic carbocycles. The second kappa shape index (κ2) is 2.81. The van der Waals surface area contributed by atoms with Crippen LogP contribution in [0.2, 0.25) is 0 Å². The standard InChI is InChI=1S/C7H6BF4/c1-5-4-6(8(10,11)12)2-3-7(5)9/h2-4H,1H3/q-1. The van der Waals surface area contributed by atoms with E-state index in [-0.39, 0.29) is 5.56 Å². The Balaban J connectivity index is 3.14. The van der Waals surface area contributed by atoms with Crippen LogP contribution in [-0.4, -0.2) is 6.98 Å². The van der Waals surface area contributed by atoms with Crippen molar-refractivity contribution in [3.63, 3.8) is 0 Å². The minimum atomic E-state index is -5.00. The molecule has 66 valence electrons. The van der Waals surface area contributed by atoms with Crippen LogP contribution in [-0.2, 0) is 0 Å². The van der Waals surface area contributed by atoms with E-state index < -0.39 is 18.3 Å². The molecule has 0 saturated carbocycles. The number of halogens is 4. The Kier molecular flexibility index (Phi) is 2.13. The lowest BCUT2D eigenvalue weighted by Gasteiger charge is -2.15. The SMILES string of the molecule is Cc1cc([B-](F)(F)F)ccc1F. The summed E-state index contributed by atoms with van der Waals surface area (Å²) in [5, 5.41) is 0. The van der Waals surface area contributed by atoms with E-state index in [1.54, 1.807) is 0 Å². The molecule has 5 heteroatoms. The average molecular weight is 177 g/mol. The van der Waals surface area contributed by atoms with Crippen molar-refractivity contribution in [1.82, 2.24) is 0 Å². The summed E-state index contributed by atoms with van der Waals surface area (Å²) in [5.74, 6) is -0.612. The maximum atomic E-state index is 12.5. The van der Waals surface area contributed by atoms with Crippen molar-refractivity contribution in [3.05, 3.63) is 29.6 Å². The Bertz CT molecular complexity index is 292. The zero-order valence-corrected chi connectivity index (χ0v) is 6.32. The van der Waals surface area contributed by atoms with Gasteiger partial charge in [-0.2, -0.15) is 0 Å². The van der Waals surface area contributed by atoms with Crippen molar-refractivity contribution in [2.24, 2.45) is 0 Å². The van der Waals surface area contributed by atoms with Gasteiger partial charge in [0.15, 0.2) is 0 Å². The minimum absolute atomic E-state index is 0.0201. The summed E-state index contributed by atoms with van der Waals surface area (Å²) in [7, 11) is 0. The van der Waals surface area contributed by atoms with Crippen molar-refractivity contribution >= 4 is 12.4 Å². The molecule has 0 radical (unpaired) electrons. The Morgan fingerprint density at radius 1 is 1.17 bits per heavy atom. The minimum Gasteiger partial charge on any atom is -0.445 e. The van der Waals surface area contributed by atoms with Gasteiger partial charge in [0.2, 0.25) is 0 Å². The van der Waals surface area contributed by atoms with Crippen molar-refractivity contribution in [3.8, 4) is 0 Å². The quantitative estimate of drug-likeness (QED) is 0.455. The topological polar surface area (TPSA) is 0 Å². The van der Waals surface area contributed by atoms with E-state index in [9.17, 15) is 17.3 Å². The Morgan fingerprint density at radius 2 is 1.75 bits per heavy atom. The van der Waals surface area contributed by atoms with Gasteiger partial charge >= 0.3 is 6.98 Å². The molecule has 0 saturated heterocycles. The molecule has 0 aromatic heterocycles. The number of rotatable bonds is 1. The first kappa shape index (κ1) is 9.10. The zero-order chi connectivity index (χ0) is 9.35. The lowest BCUT2D eigenvalue weighted by Crippen LogP contribution is -2.34. The largest absolute Gasteiger partial charge is 0.509 e. The van der Waals surface area contributed by atoms with Gasteiger partial charge in [-0.25, -0.2) is 4.39 Å². The van der Waals surface area contributed by atoms with E-state index in [1.807, 2.05) is 0 Å². The molecule has 12 heavy (non-hydrogen) atoms. The highest BCUT2D eigenvalue weighted by Crippen LogP contribution is 2.11. The number of hydrogen-bond donors (Lipinski definition) is 0. The molecule has 0 aliphatic heterocycles. The number of aryl methyl sites for hydroxylation is 1. The molecular weight excluding hydrogens is 171 g/mol. The van der Waals surface area contributed by atoms with Crippen LogP contribution in [0.3, 0.4) is 0 Å². The van der Waals surface area contributed by atoms with Crippen LogP contribution >= 0.6 is 0 Å². The summed E-state index contributed by atoms with van der Waals surface area (Å²) < 4.78 is 48.6. The second-order valence-electron chi connectivity index (χ2n) is 2.58. The first-order valence-electron chi connectivity index (χ1n) is 3.37. The molecule has 0 heterocycles. The molecular formula is C7H6BF4-. The van der Waals surface area contributed by atoms with Crippen LogP contribution in [0.15, 0.2) is 18.2 Å². The normalized spacial score (nSPS) is 11.8. The summed E-state index contributed by atoms with van der Waals surface area (Å²) in [6.45, 7) is -3.70. The van der Waals surface area contributed by atoms with Gasteiger partial charge in [0, 0.05) is 0 Å². The van der Waals surface area contributed by atoms with Crippen molar-refractivity contribution in [2.75, 3.05) is 0 Å². The third-order valence-electron chi connectivity index (χ3n) is 1.56. The van der Waals surface area contributed by atoms with Crippen LogP contribution in [0.5, 0.6) is 0 Å². The van der Waals surface area contributed by atoms with Gasteiger partial charge in [0.05, 0.1) is 0 Å². The molecule has 0 atom stereocenters. The number of hydrogen-bond acceptors (Lipinski definition) is 0. The summed E-state index contributed by atoms with van der Waals surface area (Å²) in [6.07, 6.45) is 0. The molecule has 0 aliphatic rings. The van der Waals surface area contributed by atoms with E-state index >= 15 is 0 Å². The predicted molar refractivity (Wildman–Crippen MR) is 39.8 cm³/mol. The van der Waals surface area contributed by atoms with Gasteiger partial charge in [-0.1, -0.05) is 12.1 Å². The molecule has 0 nitrogen and oxygen atoms in total. The highest BCUT2D eigenvalue weighted by molar-refractivity contribution is 6.73. The highest BCUT2D eigenvalue weighted by Gasteiger charge is 2.25. The molecule has 0 amide bonds. The van der Waals surface area contributed by atoms with E-state index in [2.05, 4.69) is 0 Å². The number of benzene rings is 1. The molecule has 1 rings (SSSR count). The lowest BCUT2D eigenvalue weighted by molar-refractivity contribution is 0.500. The molecule has 1 aromatic rings. The van der Waals surface area contributed by atoms with Crippen LogP contribution in [0, 0.1) is 12.7 Å². The molecule has 1 aromatic carbocycles. The summed E-state index contributed by atoms with van der Waals surface area (Å²) in [4.78, 5) is 0. The van der Waals surface area contributed by atoms with Crippen molar-refractivity contribution in [1.29, 1.82) is 0 Å². The summed E-state index contributed by atoms with van der Waals surface area (Å²) in [5.41, 5.74) is -0.736. The van der Waals surface area contributed by atoms with E-state index in [4.69, 9.17) is 0 Å². The van der Waals surface area contributed by atoms with Gasteiger partial charge in [-0.05, 0) is 18.6 Å². The fraction of sp³-hybridized carbons (Fsp3) is 0.143. The van der Waals surface area contributed by atoms with Crippen LogP contribution in [0.4, 0.5) is 17.3 Å². The van der Waals surface area contributed by atoms with E-state index in [0.29, 0.717) is 0 Å². The van der Waals surface area contributed by atoms with E-state index in [0.717, 1.165) is 18.2 Å². The summed E-state index contributed by atoms with van der Waals surface area (Å²) >= 11 is 0. The van der Waals surface area contributed by atoms with Crippen LogP contribution in [0.1, 0.15) is 5.56 Å². The summed E-state index contributed by atoms with van der Waals surface area (Å²) in [6, 6.07) is 2.40. The highest BCUT2D eigenvalue weighted by atomic mass is 19.4. The van der Waals surface area contributed by atoms with Gasteiger partial charge in [-0.15, -0.1) is 5.46 Å². The third-order valence-corrected chi connectivity index (χ3v) is 1.56. The Hall–Kier alpha value is -0.995. The van der Waals surface area contributed by atoms with Gasteiger partial charge in [0.25, 0.3) is 0 Å². The fourth-order valence-corrected chi connectivity index (χ4v) is 0.871. The maximum absolute atomic E-state index is 12.5. The van der Waals surface area contributed by atoms with E-state index in [1.165, 1.54) is 6.92 Å². The molecule has 0 N–H and O–H groups in total. The maximum Gasteiger partial charge on any atom is 0.509 e. The first-order valence-corrected chi connectivity index (χ1v) is 3.37. The van der Waals surface area contributed by atoms with Crippen molar-refractivity contribution < 1.29 is 17.3 Å². The smallest absolute Gasteiger partial charge is 0.445 e. The Labute approximate surface area is 67.3 Å². The third kappa shape index (κ3) is 1.78. The predicted octanol–water partition coefficient (Wildman–Crippen LogP) is 2.19. The van der Waals surface area contributed by atoms with Gasteiger partial charge in [0.1, 0.15) is 5.82 Å². The zero-order valence-electron chi connectivity index (χ0n) is 6.32. The monoisotopic (exact) mass is 177 g/mol. The Morgan fingerprint density at radius 3 is 2.17 bits per heavy atom. The average Bonchev–Trinajstić information content (AvgIpc) is 1.92. The second-order valence-corrected chi connectivity index (χ2v) is 2.58. The van der Waals surface area contributed by atoms with Gasteiger partial charge in [-0.3, -0.25) is 0 Å². The van der Waals surface area contributed by atoms with Gasteiger partial charge < -0.3 is 12.9 Å². The van der Waals surface area contributed by atoms with Crippen LogP contribution in [0.25, 0.3) is 0 Å². The fourth-order valence-electron chi connectivity index (χ4n) is 0.871. The van der Waals surface area contributed by atoms with Crippen molar-refractivity contribution in [2.45, 2.75) is 6.92 Å². The molecule has 0 bridgehead atoms.